The Morgan fingerprint density at radius 3 is 2.37 bits per heavy atom. The Bertz CT molecular complexity index is 1150. The average Bonchev–Trinajstić information content (AvgIpc) is 3.70. The molecular formula is C29H32Cl2N2O2. The van der Waals surface area contributed by atoms with E-state index in [-0.39, 0.29) is 17.9 Å². The SMILES string of the molecule is CNC[C@H](C(=O)N(Cc1cccc(Cl)c1Cl)C1CC1)[C@@H](c1cccc(-c2ccccc2)c1)[C@H](C)O. The van der Waals surface area contributed by atoms with Crippen molar-refractivity contribution in [3.63, 3.8) is 0 Å². The van der Waals surface area contributed by atoms with Gasteiger partial charge in [-0.15, -0.1) is 0 Å². The summed E-state index contributed by atoms with van der Waals surface area (Å²) < 4.78 is 0. The fraction of sp³-hybridized carbons (Fsp3) is 0.345. The molecule has 1 saturated carbocycles. The number of hydrogen-bond acceptors (Lipinski definition) is 3. The van der Waals surface area contributed by atoms with Gasteiger partial charge in [0, 0.05) is 25.0 Å². The zero-order chi connectivity index (χ0) is 24.9. The number of amides is 1. The molecule has 0 unspecified atom stereocenters. The minimum absolute atomic E-state index is 0.0221. The lowest BCUT2D eigenvalue weighted by atomic mass is 9.80. The molecule has 4 nitrogen and oxygen atoms in total. The van der Waals surface area contributed by atoms with Crippen LogP contribution in [0.3, 0.4) is 0 Å². The molecule has 35 heavy (non-hydrogen) atoms. The van der Waals surface area contributed by atoms with E-state index in [9.17, 15) is 9.90 Å². The van der Waals surface area contributed by atoms with Crippen molar-refractivity contribution in [1.29, 1.82) is 0 Å². The summed E-state index contributed by atoms with van der Waals surface area (Å²) in [5.74, 6) is -0.784. The third kappa shape index (κ3) is 6.07. The van der Waals surface area contributed by atoms with Crippen LogP contribution in [0.15, 0.2) is 72.8 Å². The number of nitrogens with one attached hydrogen (secondary N) is 1. The van der Waals surface area contributed by atoms with Gasteiger partial charge in [-0.1, -0.05) is 89.9 Å². The standard InChI is InChI=1S/C29H32Cl2N2O2/c1-19(34)27(22-11-6-10-21(16-22)20-8-4-3-5-9-20)25(17-32-2)29(35)33(24-14-15-24)18-23-12-7-13-26(30)28(23)31/h3-13,16,19,24-25,27,32,34H,14-15,17-18H2,1-2H3/t19-,25-,27+/m0/s1. The number of carbonyl (C=O) groups excluding carboxylic acids is 1. The van der Waals surface area contributed by atoms with E-state index in [0.717, 1.165) is 35.1 Å². The van der Waals surface area contributed by atoms with Crippen LogP contribution in [0.2, 0.25) is 10.0 Å². The molecule has 3 aromatic rings. The van der Waals surface area contributed by atoms with Gasteiger partial charge < -0.3 is 15.3 Å². The van der Waals surface area contributed by atoms with Crippen molar-refractivity contribution in [3.05, 3.63) is 94.0 Å². The van der Waals surface area contributed by atoms with Crippen LogP contribution < -0.4 is 5.32 Å². The maximum Gasteiger partial charge on any atom is 0.228 e. The van der Waals surface area contributed by atoms with Crippen LogP contribution in [0.5, 0.6) is 0 Å². The fourth-order valence-electron chi connectivity index (χ4n) is 4.83. The fourth-order valence-corrected chi connectivity index (χ4v) is 5.21. The van der Waals surface area contributed by atoms with Crippen molar-refractivity contribution in [2.45, 2.75) is 44.4 Å². The Balaban J connectivity index is 1.67. The Morgan fingerprint density at radius 1 is 1.03 bits per heavy atom. The van der Waals surface area contributed by atoms with Gasteiger partial charge >= 0.3 is 0 Å². The lowest BCUT2D eigenvalue weighted by molar-refractivity contribution is -0.138. The molecule has 0 radical (unpaired) electrons. The summed E-state index contributed by atoms with van der Waals surface area (Å²) in [4.78, 5) is 16.0. The molecule has 1 amide bonds. The number of hydrogen-bond donors (Lipinski definition) is 2. The molecule has 6 heteroatoms. The molecule has 4 rings (SSSR count). The normalized spacial score (nSPS) is 15.9. The zero-order valence-corrected chi connectivity index (χ0v) is 21.6. The van der Waals surface area contributed by atoms with Crippen LogP contribution in [0.4, 0.5) is 0 Å². The van der Waals surface area contributed by atoms with Crippen LogP contribution in [0.1, 0.15) is 36.8 Å². The third-order valence-corrected chi connectivity index (χ3v) is 7.57. The molecule has 0 spiro atoms. The lowest BCUT2D eigenvalue weighted by Gasteiger charge is -2.34. The van der Waals surface area contributed by atoms with Gasteiger partial charge in [0.25, 0.3) is 0 Å². The van der Waals surface area contributed by atoms with Crippen LogP contribution >= 0.6 is 23.2 Å². The number of benzene rings is 3. The largest absolute Gasteiger partial charge is 0.393 e. The Hall–Kier alpha value is -2.37. The monoisotopic (exact) mass is 510 g/mol. The first kappa shape index (κ1) is 25.7. The molecule has 184 valence electrons. The van der Waals surface area contributed by atoms with E-state index in [4.69, 9.17) is 23.2 Å². The summed E-state index contributed by atoms with van der Waals surface area (Å²) in [6.45, 7) is 2.63. The summed E-state index contributed by atoms with van der Waals surface area (Å²) in [6, 6.07) is 24.0. The Kier molecular flexibility index (Phi) is 8.51. The molecule has 0 aromatic heterocycles. The molecule has 2 N–H and O–H groups in total. The van der Waals surface area contributed by atoms with Gasteiger partial charge in [0.15, 0.2) is 0 Å². The number of nitrogens with zero attached hydrogens (tertiary/aromatic N) is 1. The molecule has 0 bridgehead atoms. The van der Waals surface area contributed by atoms with Crippen LogP contribution in [-0.2, 0) is 11.3 Å². The molecule has 3 aromatic carbocycles. The van der Waals surface area contributed by atoms with E-state index < -0.39 is 12.0 Å². The van der Waals surface area contributed by atoms with Gasteiger partial charge in [0.05, 0.1) is 22.1 Å². The zero-order valence-electron chi connectivity index (χ0n) is 20.1. The highest BCUT2D eigenvalue weighted by atomic mass is 35.5. The van der Waals surface area contributed by atoms with Gasteiger partial charge in [-0.05, 0) is 55.1 Å². The van der Waals surface area contributed by atoms with Crippen molar-refractivity contribution < 1.29 is 9.90 Å². The number of aliphatic hydroxyl groups is 1. The maximum absolute atomic E-state index is 14.1. The highest BCUT2D eigenvalue weighted by Crippen LogP contribution is 2.37. The van der Waals surface area contributed by atoms with E-state index >= 15 is 0 Å². The number of carbonyl (C=O) groups is 1. The van der Waals surface area contributed by atoms with Crippen molar-refractivity contribution in [1.82, 2.24) is 10.2 Å². The van der Waals surface area contributed by atoms with E-state index in [0.29, 0.717) is 23.1 Å². The van der Waals surface area contributed by atoms with E-state index in [1.165, 1.54) is 0 Å². The first-order chi connectivity index (χ1) is 16.9. The van der Waals surface area contributed by atoms with Gasteiger partial charge in [-0.25, -0.2) is 0 Å². The average molecular weight is 511 g/mol. The number of aliphatic hydroxyl groups excluding tert-OH is 1. The minimum atomic E-state index is -0.709. The van der Waals surface area contributed by atoms with Crippen LogP contribution in [0.25, 0.3) is 11.1 Å². The highest BCUT2D eigenvalue weighted by molar-refractivity contribution is 6.42. The maximum atomic E-state index is 14.1. The van der Waals surface area contributed by atoms with Gasteiger partial charge in [0.1, 0.15) is 0 Å². The third-order valence-electron chi connectivity index (χ3n) is 6.72. The molecular weight excluding hydrogens is 479 g/mol. The summed E-state index contributed by atoms with van der Waals surface area (Å²) in [5, 5.41) is 15.1. The summed E-state index contributed by atoms with van der Waals surface area (Å²) in [6.07, 6.45) is 1.23. The summed E-state index contributed by atoms with van der Waals surface area (Å²) in [5.41, 5.74) is 3.95. The van der Waals surface area contributed by atoms with E-state index in [2.05, 4.69) is 29.6 Å². The minimum Gasteiger partial charge on any atom is -0.393 e. The smallest absolute Gasteiger partial charge is 0.228 e. The first-order valence-corrected chi connectivity index (χ1v) is 12.9. The van der Waals surface area contributed by atoms with Crippen molar-refractivity contribution in [3.8, 4) is 11.1 Å². The lowest BCUT2D eigenvalue weighted by Crippen LogP contribution is -2.45. The van der Waals surface area contributed by atoms with E-state index in [1.54, 1.807) is 13.0 Å². The number of rotatable bonds is 10. The molecule has 0 saturated heterocycles. The second kappa shape index (κ2) is 11.6. The van der Waals surface area contributed by atoms with Gasteiger partial charge in [-0.2, -0.15) is 0 Å². The Labute approximate surface area is 217 Å². The van der Waals surface area contributed by atoms with Crippen LogP contribution in [-0.4, -0.2) is 41.7 Å². The Morgan fingerprint density at radius 2 is 1.71 bits per heavy atom. The van der Waals surface area contributed by atoms with Crippen LogP contribution in [0, 0.1) is 5.92 Å². The first-order valence-electron chi connectivity index (χ1n) is 12.1. The molecule has 1 fully saturated rings. The molecule has 3 atom stereocenters. The van der Waals surface area contributed by atoms with Crippen molar-refractivity contribution >= 4 is 29.1 Å². The van der Waals surface area contributed by atoms with Crippen molar-refractivity contribution in [2.75, 3.05) is 13.6 Å². The quantitative estimate of drug-likeness (QED) is 0.343. The predicted octanol–water partition coefficient (Wildman–Crippen LogP) is 6.15. The summed E-state index contributed by atoms with van der Waals surface area (Å²) in [7, 11) is 1.84. The van der Waals surface area contributed by atoms with E-state index in [1.807, 2.05) is 54.4 Å². The molecule has 0 aliphatic heterocycles. The second-order valence-corrected chi connectivity index (χ2v) is 10.1. The second-order valence-electron chi connectivity index (χ2n) is 9.33. The van der Waals surface area contributed by atoms with Gasteiger partial charge in [-0.3, -0.25) is 4.79 Å². The van der Waals surface area contributed by atoms with Gasteiger partial charge in [0.2, 0.25) is 5.91 Å². The van der Waals surface area contributed by atoms with Crippen molar-refractivity contribution in [2.24, 2.45) is 5.92 Å². The predicted molar refractivity (Wildman–Crippen MR) is 144 cm³/mol. The molecule has 0 heterocycles. The number of halogens is 2. The molecule has 1 aliphatic rings. The summed E-state index contributed by atoms with van der Waals surface area (Å²) >= 11 is 12.7. The highest BCUT2D eigenvalue weighted by Gasteiger charge is 2.40. The molecule has 1 aliphatic carbocycles. The topological polar surface area (TPSA) is 52.6 Å².